The van der Waals surface area contributed by atoms with E-state index in [0.29, 0.717) is 6.04 Å². The summed E-state index contributed by atoms with van der Waals surface area (Å²) in [6, 6.07) is 8.56. The van der Waals surface area contributed by atoms with E-state index in [4.69, 9.17) is 0 Å². The zero-order valence-electron chi connectivity index (χ0n) is 11.0. The Morgan fingerprint density at radius 2 is 2.22 bits per heavy atom. The normalized spacial score (nSPS) is 29.2. The van der Waals surface area contributed by atoms with E-state index in [1.165, 1.54) is 0 Å². The number of nitrogens with zero attached hydrogens (tertiary/aromatic N) is 1. The molecule has 1 aromatic rings. The van der Waals surface area contributed by atoms with Crippen LogP contribution in [0.25, 0.3) is 0 Å². The molecule has 0 radical (unpaired) electrons. The number of hydrogen-bond donors (Lipinski definition) is 2. The van der Waals surface area contributed by atoms with Gasteiger partial charge in [-0.3, -0.25) is 0 Å². The predicted octanol–water partition coefficient (Wildman–Crippen LogP) is 2.71. The zero-order valence-corrected chi connectivity index (χ0v) is 12.6. The molecule has 1 fully saturated rings. The Balaban J connectivity index is 2.16. The number of hydrogen-bond acceptors (Lipinski definition) is 3. The van der Waals surface area contributed by atoms with Crippen molar-refractivity contribution in [3.63, 3.8) is 0 Å². The highest BCUT2D eigenvalue weighted by atomic mass is 79.9. The number of anilines is 1. The smallest absolute Gasteiger partial charge is 0.0662 e. The Morgan fingerprint density at radius 1 is 1.50 bits per heavy atom. The maximum Gasteiger partial charge on any atom is 0.0662 e. The Labute approximate surface area is 117 Å². The van der Waals surface area contributed by atoms with Crippen LogP contribution in [0.4, 0.5) is 5.69 Å². The summed E-state index contributed by atoms with van der Waals surface area (Å²) >= 11 is 3.55. The summed E-state index contributed by atoms with van der Waals surface area (Å²) in [7, 11) is 2.14. The topological polar surface area (TPSA) is 35.5 Å². The molecule has 1 heterocycles. The highest BCUT2D eigenvalue weighted by Gasteiger charge is 2.36. The monoisotopic (exact) mass is 312 g/mol. The van der Waals surface area contributed by atoms with Crippen molar-refractivity contribution in [1.82, 2.24) is 4.90 Å². The first kappa shape index (κ1) is 13.8. The molecule has 0 amide bonds. The maximum absolute atomic E-state index is 9.80. The molecular formula is C14H21BrN2O. The Morgan fingerprint density at radius 3 is 2.83 bits per heavy atom. The maximum atomic E-state index is 9.80. The number of likely N-dealkylation sites (tertiary alicyclic amines) is 1. The molecule has 18 heavy (non-hydrogen) atoms. The first-order valence-corrected chi connectivity index (χ1v) is 7.19. The van der Waals surface area contributed by atoms with E-state index >= 15 is 0 Å². The van der Waals surface area contributed by atoms with Gasteiger partial charge in [0.1, 0.15) is 0 Å². The second-order valence-corrected chi connectivity index (χ2v) is 6.18. The minimum atomic E-state index is -0.199. The summed E-state index contributed by atoms with van der Waals surface area (Å²) in [5.41, 5.74) is 0.860. The fourth-order valence-electron chi connectivity index (χ4n) is 2.58. The minimum Gasteiger partial charge on any atom is -0.394 e. The third-order valence-corrected chi connectivity index (χ3v) is 4.65. The lowest BCUT2D eigenvalue weighted by Gasteiger charge is -2.44. The molecule has 1 aliphatic rings. The molecule has 0 aliphatic carbocycles. The molecule has 3 nitrogen and oxygen atoms in total. The zero-order chi connectivity index (χ0) is 13.2. The van der Waals surface area contributed by atoms with Crippen molar-refractivity contribution in [3.05, 3.63) is 28.7 Å². The van der Waals surface area contributed by atoms with Crippen molar-refractivity contribution in [2.75, 3.05) is 25.5 Å². The molecule has 2 rings (SSSR count). The van der Waals surface area contributed by atoms with Gasteiger partial charge in [0.2, 0.25) is 0 Å². The Hall–Kier alpha value is -0.580. The van der Waals surface area contributed by atoms with Crippen molar-refractivity contribution in [1.29, 1.82) is 0 Å². The van der Waals surface area contributed by atoms with Gasteiger partial charge in [0.25, 0.3) is 0 Å². The molecule has 4 heteroatoms. The lowest BCUT2D eigenvalue weighted by Crippen LogP contribution is -2.54. The highest BCUT2D eigenvalue weighted by molar-refractivity contribution is 9.10. The molecular weight excluding hydrogens is 292 g/mol. The van der Waals surface area contributed by atoms with Crippen LogP contribution in [0.2, 0.25) is 0 Å². The number of halogens is 1. The third kappa shape index (κ3) is 2.87. The van der Waals surface area contributed by atoms with Gasteiger partial charge >= 0.3 is 0 Å². The molecule has 0 spiro atoms. The summed E-state index contributed by atoms with van der Waals surface area (Å²) in [4.78, 5) is 2.34. The van der Waals surface area contributed by atoms with E-state index in [-0.39, 0.29) is 12.1 Å². The molecule has 0 saturated carbocycles. The number of para-hydroxylation sites is 1. The van der Waals surface area contributed by atoms with Crippen LogP contribution in [-0.2, 0) is 0 Å². The highest BCUT2D eigenvalue weighted by Crippen LogP contribution is 2.32. The van der Waals surface area contributed by atoms with Gasteiger partial charge in [-0.1, -0.05) is 12.1 Å². The number of aliphatic hydroxyl groups excluding tert-OH is 1. The summed E-state index contributed by atoms with van der Waals surface area (Å²) in [5.74, 6) is 0. The van der Waals surface area contributed by atoms with Gasteiger partial charge in [0.05, 0.1) is 12.1 Å². The first-order valence-electron chi connectivity index (χ1n) is 6.40. The standard InChI is InChI=1S/C14H21BrN2O/c1-11-9-14(10-18,7-8-17(11)2)16-13-6-4-3-5-12(13)15/h3-6,11,16,18H,7-10H2,1-2H3. The number of benzene rings is 1. The molecule has 1 aliphatic heterocycles. The van der Waals surface area contributed by atoms with Crippen LogP contribution >= 0.6 is 15.9 Å². The van der Waals surface area contributed by atoms with Gasteiger partial charge in [-0.05, 0) is 54.9 Å². The van der Waals surface area contributed by atoms with Gasteiger partial charge in [-0.25, -0.2) is 0 Å². The van der Waals surface area contributed by atoms with Crippen LogP contribution in [-0.4, -0.2) is 41.8 Å². The predicted molar refractivity (Wildman–Crippen MR) is 78.9 cm³/mol. The Kier molecular flexibility index (Phi) is 4.30. The van der Waals surface area contributed by atoms with Crippen LogP contribution in [0.3, 0.4) is 0 Å². The van der Waals surface area contributed by atoms with Gasteiger partial charge in [-0.15, -0.1) is 0 Å². The second kappa shape index (κ2) is 5.59. The number of nitrogens with one attached hydrogen (secondary N) is 1. The Bertz CT molecular complexity index is 413. The largest absolute Gasteiger partial charge is 0.394 e. The van der Waals surface area contributed by atoms with E-state index < -0.39 is 0 Å². The summed E-state index contributed by atoms with van der Waals surface area (Å²) in [5, 5.41) is 13.3. The van der Waals surface area contributed by atoms with Gasteiger partial charge in [-0.2, -0.15) is 0 Å². The average Bonchev–Trinajstić information content (AvgIpc) is 2.37. The van der Waals surface area contributed by atoms with Crippen molar-refractivity contribution in [3.8, 4) is 0 Å². The molecule has 100 valence electrons. The molecule has 0 aromatic heterocycles. The molecule has 1 aromatic carbocycles. The minimum absolute atomic E-state index is 0.173. The number of rotatable bonds is 3. The van der Waals surface area contributed by atoms with Crippen molar-refractivity contribution < 1.29 is 5.11 Å². The molecule has 2 unspecified atom stereocenters. The summed E-state index contributed by atoms with van der Waals surface area (Å²) < 4.78 is 1.05. The van der Waals surface area contributed by atoms with E-state index in [0.717, 1.165) is 29.5 Å². The van der Waals surface area contributed by atoms with E-state index in [1.54, 1.807) is 0 Å². The van der Waals surface area contributed by atoms with Gasteiger partial charge < -0.3 is 15.3 Å². The van der Waals surface area contributed by atoms with Crippen molar-refractivity contribution >= 4 is 21.6 Å². The summed E-state index contributed by atoms with van der Waals surface area (Å²) in [6.45, 7) is 3.40. The van der Waals surface area contributed by atoms with E-state index in [9.17, 15) is 5.11 Å². The fourth-order valence-corrected chi connectivity index (χ4v) is 2.96. The molecule has 1 saturated heterocycles. The third-order valence-electron chi connectivity index (χ3n) is 3.96. The van der Waals surface area contributed by atoms with Crippen LogP contribution < -0.4 is 5.32 Å². The SMILES string of the molecule is CC1CC(CO)(Nc2ccccc2Br)CCN1C. The number of aliphatic hydroxyl groups is 1. The van der Waals surface area contributed by atoms with Crippen LogP contribution in [0, 0.1) is 0 Å². The van der Waals surface area contributed by atoms with Crippen molar-refractivity contribution in [2.45, 2.75) is 31.3 Å². The van der Waals surface area contributed by atoms with Crippen LogP contribution in [0.1, 0.15) is 19.8 Å². The van der Waals surface area contributed by atoms with Crippen molar-refractivity contribution in [2.24, 2.45) is 0 Å². The number of piperidine rings is 1. The second-order valence-electron chi connectivity index (χ2n) is 5.33. The molecule has 2 atom stereocenters. The molecule has 2 N–H and O–H groups in total. The average molecular weight is 313 g/mol. The lowest BCUT2D eigenvalue weighted by molar-refractivity contribution is 0.0969. The van der Waals surface area contributed by atoms with E-state index in [2.05, 4.69) is 40.1 Å². The fraction of sp³-hybridized carbons (Fsp3) is 0.571. The van der Waals surface area contributed by atoms with Gasteiger partial charge in [0.15, 0.2) is 0 Å². The quantitative estimate of drug-likeness (QED) is 0.901. The van der Waals surface area contributed by atoms with Gasteiger partial charge in [0, 0.05) is 22.7 Å². The lowest BCUT2D eigenvalue weighted by atomic mass is 9.84. The van der Waals surface area contributed by atoms with Crippen LogP contribution in [0.5, 0.6) is 0 Å². The summed E-state index contributed by atoms with van der Waals surface area (Å²) in [6.07, 6.45) is 1.92. The van der Waals surface area contributed by atoms with E-state index in [1.807, 2.05) is 24.3 Å². The van der Waals surface area contributed by atoms with Crippen LogP contribution in [0.15, 0.2) is 28.7 Å². The first-order chi connectivity index (χ1) is 8.56. The molecule has 0 bridgehead atoms.